The maximum absolute atomic E-state index is 12.1. The molecule has 0 radical (unpaired) electrons. The van der Waals surface area contributed by atoms with E-state index in [1.807, 2.05) is 20.0 Å². The lowest BCUT2D eigenvalue weighted by Crippen LogP contribution is -2.49. The van der Waals surface area contributed by atoms with Gasteiger partial charge in [0.2, 0.25) is 5.91 Å². The van der Waals surface area contributed by atoms with Gasteiger partial charge in [0, 0.05) is 45.8 Å². The van der Waals surface area contributed by atoms with E-state index >= 15 is 0 Å². The number of aromatic nitrogens is 2. The molecule has 1 aliphatic rings. The molecule has 0 atom stereocenters. The Balaban J connectivity index is 1.75. The first-order chi connectivity index (χ1) is 9.94. The Morgan fingerprint density at radius 1 is 1.29 bits per heavy atom. The van der Waals surface area contributed by atoms with Crippen LogP contribution in [0, 0.1) is 12.8 Å². The molecule has 0 bridgehead atoms. The molecule has 21 heavy (non-hydrogen) atoms. The number of amides is 1. The Labute approximate surface area is 127 Å². The molecule has 118 valence electrons. The van der Waals surface area contributed by atoms with Gasteiger partial charge < -0.3 is 10.2 Å². The summed E-state index contributed by atoms with van der Waals surface area (Å²) in [5, 5.41) is 7.16. The average molecular weight is 293 g/mol. The maximum atomic E-state index is 12.1. The molecule has 1 aromatic heterocycles. The van der Waals surface area contributed by atoms with Crippen LogP contribution >= 0.6 is 0 Å². The van der Waals surface area contributed by atoms with E-state index in [9.17, 15) is 4.79 Å². The minimum Gasteiger partial charge on any atom is -0.310 e. The molecule has 6 heteroatoms. The van der Waals surface area contributed by atoms with Crippen molar-refractivity contribution in [3.05, 3.63) is 11.8 Å². The first kappa shape index (κ1) is 16.0. The molecule has 0 spiro atoms. The fourth-order valence-electron chi connectivity index (χ4n) is 2.76. The Bertz CT molecular complexity index is 474. The summed E-state index contributed by atoms with van der Waals surface area (Å²) in [6.45, 7) is 12.0. The quantitative estimate of drug-likeness (QED) is 0.878. The number of rotatable bonds is 5. The highest BCUT2D eigenvalue weighted by atomic mass is 16.2. The van der Waals surface area contributed by atoms with E-state index in [0.717, 1.165) is 44.2 Å². The fraction of sp³-hybridized carbons (Fsp3) is 0.733. The van der Waals surface area contributed by atoms with Crippen LogP contribution in [0.4, 0.5) is 5.82 Å². The summed E-state index contributed by atoms with van der Waals surface area (Å²) in [6.07, 6.45) is 0. The second kappa shape index (κ2) is 7.04. The van der Waals surface area contributed by atoms with Crippen LogP contribution in [-0.4, -0.2) is 64.8 Å². The molecule has 1 fully saturated rings. The van der Waals surface area contributed by atoms with Crippen LogP contribution in [0.3, 0.4) is 0 Å². The van der Waals surface area contributed by atoms with Gasteiger partial charge in [-0.05, 0) is 12.8 Å². The molecule has 1 N–H and O–H groups in total. The third-order valence-electron chi connectivity index (χ3n) is 3.72. The van der Waals surface area contributed by atoms with Crippen molar-refractivity contribution in [1.82, 2.24) is 19.6 Å². The van der Waals surface area contributed by atoms with Crippen molar-refractivity contribution in [1.29, 1.82) is 0 Å². The van der Waals surface area contributed by atoms with Crippen LogP contribution in [0.5, 0.6) is 0 Å². The summed E-state index contributed by atoms with van der Waals surface area (Å²) >= 11 is 0. The van der Waals surface area contributed by atoms with Gasteiger partial charge >= 0.3 is 0 Å². The van der Waals surface area contributed by atoms with E-state index in [0.29, 0.717) is 12.5 Å². The number of nitrogens with one attached hydrogen (secondary N) is 1. The van der Waals surface area contributed by atoms with E-state index in [4.69, 9.17) is 0 Å². The molecular weight excluding hydrogens is 266 g/mol. The van der Waals surface area contributed by atoms with Crippen molar-refractivity contribution in [2.45, 2.75) is 20.8 Å². The number of carbonyl (C=O) groups is 1. The summed E-state index contributed by atoms with van der Waals surface area (Å²) in [4.78, 5) is 16.8. The standard InChI is InChI=1S/C15H27N5O/c1-12(2)10-19-5-7-20(8-6-19)11-15(21)16-14-9-13(3)17-18(14)4/h9,12H,5-8,10-11H2,1-4H3,(H,16,21). The molecule has 0 saturated carbocycles. The highest BCUT2D eigenvalue weighted by Gasteiger charge is 2.19. The van der Waals surface area contributed by atoms with Gasteiger partial charge in [-0.25, -0.2) is 0 Å². The zero-order chi connectivity index (χ0) is 15.4. The monoisotopic (exact) mass is 293 g/mol. The van der Waals surface area contributed by atoms with Crippen LogP contribution in [-0.2, 0) is 11.8 Å². The van der Waals surface area contributed by atoms with Crippen LogP contribution in [0.15, 0.2) is 6.07 Å². The van der Waals surface area contributed by atoms with Gasteiger partial charge in [-0.3, -0.25) is 14.4 Å². The summed E-state index contributed by atoms with van der Waals surface area (Å²) in [6, 6.07) is 1.89. The summed E-state index contributed by atoms with van der Waals surface area (Å²) in [5.74, 6) is 1.50. The first-order valence-corrected chi connectivity index (χ1v) is 7.69. The lowest BCUT2D eigenvalue weighted by atomic mass is 10.2. The van der Waals surface area contributed by atoms with E-state index in [1.165, 1.54) is 0 Å². The molecule has 0 aliphatic carbocycles. The number of hydrogen-bond donors (Lipinski definition) is 1. The van der Waals surface area contributed by atoms with Gasteiger partial charge in [0.1, 0.15) is 5.82 Å². The van der Waals surface area contributed by atoms with Gasteiger partial charge in [-0.2, -0.15) is 5.10 Å². The zero-order valence-electron chi connectivity index (χ0n) is 13.6. The van der Waals surface area contributed by atoms with Gasteiger partial charge in [0.25, 0.3) is 0 Å². The number of carbonyl (C=O) groups excluding carboxylic acids is 1. The second-order valence-electron chi connectivity index (χ2n) is 6.31. The third-order valence-corrected chi connectivity index (χ3v) is 3.72. The lowest BCUT2D eigenvalue weighted by Gasteiger charge is -2.35. The summed E-state index contributed by atoms with van der Waals surface area (Å²) in [7, 11) is 1.84. The van der Waals surface area contributed by atoms with Crippen LogP contribution in [0.1, 0.15) is 19.5 Å². The Kier molecular flexibility index (Phi) is 5.36. The van der Waals surface area contributed by atoms with Crippen molar-refractivity contribution >= 4 is 11.7 Å². The summed E-state index contributed by atoms with van der Waals surface area (Å²) < 4.78 is 1.70. The Hall–Kier alpha value is -1.40. The third kappa shape index (κ3) is 4.82. The number of piperazine rings is 1. The van der Waals surface area contributed by atoms with E-state index in [-0.39, 0.29) is 5.91 Å². The van der Waals surface area contributed by atoms with Crippen molar-refractivity contribution in [2.24, 2.45) is 13.0 Å². The van der Waals surface area contributed by atoms with E-state index in [1.54, 1.807) is 4.68 Å². The van der Waals surface area contributed by atoms with Gasteiger partial charge in [0.15, 0.2) is 0 Å². The highest BCUT2D eigenvalue weighted by Crippen LogP contribution is 2.09. The van der Waals surface area contributed by atoms with Crippen molar-refractivity contribution in [3.63, 3.8) is 0 Å². The number of anilines is 1. The van der Waals surface area contributed by atoms with Gasteiger partial charge in [0.05, 0.1) is 12.2 Å². The van der Waals surface area contributed by atoms with Crippen LogP contribution < -0.4 is 5.32 Å². The second-order valence-corrected chi connectivity index (χ2v) is 6.31. The van der Waals surface area contributed by atoms with Crippen LogP contribution in [0.2, 0.25) is 0 Å². The van der Waals surface area contributed by atoms with E-state index < -0.39 is 0 Å². The molecule has 0 aromatic carbocycles. The normalized spacial score (nSPS) is 17.4. The molecule has 1 amide bonds. The smallest absolute Gasteiger partial charge is 0.239 e. The number of nitrogens with zero attached hydrogens (tertiary/aromatic N) is 4. The Morgan fingerprint density at radius 2 is 1.90 bits per heavy atom. The molecule has 0 unspecified atom stereocenters. The SMILES string of the molecule is Cc1cc(NC(=O)CN2CCN(CC(C)C)CC2)n(C)n1. The largest absolute Gasteiger partial charge is 0.310 e. The van der Waals surface area contributed by atoms with E-state index in [2.05, 4.69) is 34.1 Å². The minimum absolute atomic E-state index is 0.0373. The van der Waals surface area contributed by atoms with Gasteiger partial charge in [-0.15, -0.1) is 0 Å². The average Bonchev–Trinajstić information content (AvgIpc) is 2.69. The van der Waals surface area contributed by atoms with Crippen molar-refractivity contribution in [3.8, 4) is 0 Å². The van der Waals surface area contributed by atoms with Crippen molar-refractivity contribution in [2.75, 3.05) is 44.6 Å². The molecule has 2 heterocycles. The first-order valence-electron chi connectivity index (χ1n) is 7.69. The molecule has 6 nitrogen and oxygen atoms in total. The molecule has 1 saturated heterocycles. The number of aryl methyl sites for hydroxylation is 2. The number of hydrogen-bond acceptors (Lipinski definition) is 4. The maximum Gasteiger partial charge on any atom is 0.239 e. The summed E-state index contributed by atoms with van der Waals surface area (Å²) in [5.41, 5.74) is 0.912. The minimum atomic E-state index is 0.0373. The topological polar surface area (TPSA) is 53.4 Å². The van der Waals surface area contributed by atoms with Gasteiger partial charge in [-0.1, -0.05) is 13.8 Å². The molecular formula is C15H27N5O. The molecule has 2 rings (SSSR count). The lowest BCUT2D eigenvalue weighted by molar-refractivity contribution is -0.117. The highest BCUT2D eigenvalue weighted by molar-refractivity contribution is 5.91. The zero-order valence-corrected chi connectivity index (χ0v) is 13.6. The van der Waals surface area contributed by atoms with Crippen LogP contribution in [0.25, 0.3) is 0 Å². The predicted octanol–water partition coefficient (Wildman–Crippen LogP) is 0.941. The molecule has 1 aromatic rings. The predicted molar refractivity (Wildman–Crippen MR) is 84.3 cm³/mol. The Morgan fingerprint density at radius 3 is 2.43 bits per heavy atom. The fourth-order valence-corrected chi connectivity index (χ4v) is 2.76. The molecule has 1 aliphatic heterocycles. The van der Waals surface area contributed by atoms with Crippen molar-refractivity contribution < 1.29 is 4.79 Å².